The Morgan fingerprint density at radius 1 is 0.851 bits per heavy atom. The number of benzene rings is 3. The van der Waals surface area contributed by atoms with E-state index in [2.05, 4.69) is 44.0 Å². The second-order valence-electron chi connectivity index (χ2n) is 12.7. The second-order valence-corrected chi connectivity index (χ2v) is 13.7. The van der Waals surface area contributed by atoms with Crippen molar-refractivity contribution in [2.24, 2.45) is 11.8 Å². The molecule has 0 saturated heterocycles. The summed E-state index contributed by atoms with van der Waals surface area (Å²) in [6.45, 7) is 14.5. The van der Waals surface area contributed by atoms with E-state index in [1.54, 1.807) is 18.3 Å². The number of aromatic nitrogens is 1. The molecule has 47 heavy (non-hydrogen) atoms. The fourth-order valence-corrected chi connectivity index (χ4v) is 7.23. The largest absolute Gasteiger partial charge is 0.512 e. The number of ketones is 1. The number of aliphatic hydroxyl groups is 1. The first-order valence-electron chi connectivity index (χ1n) is 16.0. The van der Waals surface area contributed by atoms with E-state index in [0.717, 1.165) is 75.1 Å². The van der Waals surface area contributed by atoms with Crippen molar-refractivity contribution < 1.29 is 43.2 Å². The summed E-state index contributed by atoms with van der Waals surface area (Å²) in [5, 5.41) is 13.3. The van der Waals surface area contributed by atoms with Crippen molar-refractivity contribution in [2.45, 2.75) is 85.7 Å². The van der Waals surface area contributed by atoms with Crippen LogP contribution in [0.15, 0.2) is 72.6 Å². The molecule has 0 saturated carbocycles. The second kappa shape index (κ2) is 15.9. The number of carbonyl (C=O) groups is 1. The predicted molar refractivity (Wildman–Crippen MR) is 186 cm³/mol. The van der Waals surface area contributed by atoms with E-state index in [0.29, 0.717) is 11.1 Å². The van der Waals surface area contributed by atoms with Crippen molar-refractivity contribution in [3.05, 3.63) is 89.8 Å². The standard InChI is InChI=1S/C26H19F3NS.C13H24O2.Ir/c1-25(2,3)21-14-16(13-15-7-4-5-8-17(15)21)22-24-19(11-12-30-22)18-9-6-10-20(23(18)31-24)26(27,28)29;1-5-10(6-2)12(14)9-13(15)11(7-3)8-4;/h4-12,14H,1-3H3;9-11,14H,5-8H2,1-4H3;/q-1;;/b;12-9-;. The van der Waals surface area contributed by atoms with Gasteiger partial charge in [0, 0.05) is 64.7 Å². The number of nitrogens with zero attached hydrogens (tertiary/aromatic N) is 1. The van der Waals surface area contributed by atoms with E-state index in [4.69, 9.17) is 0 Å². The summed E-state index contributed by atoms with van der Waals surface area (Å²) in [5.74, 6) is 0.547. The number of aliphatic hydroxyl groups excluding tert-OH is 1. The quantitative estimate of drug-likeness (QED) is 0.0962. The maximum Gasteiger partial charge on any atom is 0.417 e. The maximum absolute atomic E-state index is 13.6. The number of hydrogen-bond donors (Lipinski definition) is 1. The minimum atomic E-state index is -4.40. The van der Waals surface area contributed by atoms with Crippen LogP contribution in [0.1, 0.15) is 85.3 Å². The van der Waals surface area contributed by atoms with Crippen LogP contribution in [0.5, 0.6) is 0 Å². The summed E-state index contributed by atoms with van der Waals surface area (Å²) in [5.41, 5.74) is 1.92. The van der Waals surface area contributed by atoms with Gasteiger partial charge in [-0.25, -0.2) is 0 Å². The molecule has 3 aromatic carbocycles. The Morgan fingerprint density at radius 3 is 2.04 bits per heavy atom. The van der Waals surface area contributed by atoms with E-state index in [9.17, 15) is 23.1 Å². The smallest absolute Gasteiger partial charge is 0.417 e. The van der Waals surface area contributed by atoms with Crippen LogP contribution in [0.4, 0.5) is 13.2 Å². The Labute approximate surface area is 293 Å². The molecule has 0 aliphatic carbocycles. The number of fused-ring (bicyclic) bond motifs is 4. The van der Waals surface area contributed by atoms with E-state index in [-0.39, 0.29) is 53.6 Å². The minimum Gasteiger partial charge on any atom is -0.512 e. The van der Waals surface area contributed by atoms with Gasteiger partial charge in [-0.1, -0.05) is 89.7 Å². The van der Waals surface area contributed by atoms with Crippen LogP contribution in [0, 0.1) is 17.9 Å². The topological polar surface area (TPSA) is 50.2 Å². The molecule has 1 radical (unpaired) electrons. The Balaban J connectivity index is 0.000000322. The van der Waals surface area contributed by atoms with Gasteiger partial charge >= 0.3 is 6.18 Å². The van der Waals surface area contributed by atoms with Crippen molar-refractivity contribution in [2.75, 3.05) is 0 Å². The molecular formula is C39H43F3IrNO2S-. The van der Waals surface area contributed by atoms with Crippen molar-refractivity contribution >= 4 is 48.1 Å². The van der Waals surface area contributed by atoms with Gasteiger partial charge in [0.2, 0.25) is 0 Å². The van der Waals surface area contributed by atoms with Crippen molar-refractivity contribution in [1.29, 1.82) is 0 Å². The number of rotatable bonds is 8. The van der Waals surface area contributed by atoms with Gasteiger partial charge in [0.15, 0.2) is 5.78 Å². The number of alkyl halides is 3. The van der Waals surface area contributed by atoms with Gasteiger partial charge in [0.1, 0.15) is 0 Å². The molecule has 2 heterocycles. The SMILES string of the molecule is CC(C)(C)c1cc(-c2nccc3c2sc2c(C(F)(F)F)cccc23)[c-]c2ccccc12.CCC(CC)C(=O)/C=C(\O)C(CC)CC.[Ir]. The molecule has 2 aromatic heterocycles. The third-order valence-electron chi connectivity index (χ3n) is 8.64. The summed E-state index contributed by atoms with van der Waals surface area (Å²) < 4.78 is 41.8. The van der Waals surface area contributed by atoms with Crippen LogP contribution in [-0.2, 0) is 36.5 Å². The molecule has 253 valence electrons. The van der Waals surface area contributed by atoms with E-state index >= 15 is 0 Å². The average Bonchev–Trinajstić information content (AvgIpc) is 3.40. The van der Waals surface area contributed by atoms with Crippen LogP contribution in [0.25, 0.3) is 42.2 Å². The molecule has 0 amide bonds. The fraction of sp³-hybridized carbons (Fsp3) is 0.385. The third-order valence-corrected chi connectivity index (χ3v) is 9.90. The molecule has 0 spiro atoms. The van der Waals surface area contributed by atoms with Crippen LogP contribution in [-0.4, -0.2) is 15.9 Å². The van der Waals surface area contributed by atoms with Gasteiger partial charge in [-0.2, -0.15) is 13.2 Å². The van der Waals surface area contributed by atoms with Crippen LogP contribution < -0.4 is 0 Å². The van der Waals surface area contributed by atoms with Crippen LogP contribution in [0.3, 0.4) is 0 Å². The number of thiophene rings is 1. The molecule has 8 heteroatoms. The van der Waals surface area contributed by atoms with Gasteiger partial charge in [-0.05, 0) is 48.6 Å². The molecular weight excluding hydrogens is 796 g/mol. The average molecular weight is 839 g/mol. The molecule has 1 N–H and O–H groups in total. The maximum atomic E-state index is 13.6. The van der Waals surface area contributed by atoms with Gasteiger partial charge in [-0.3, -0.25) is 9.78 Å². The molecule has 3 nitrogen and oxygen atoms in total. The van der Waals surface area contributed by atoms with E-state index in [1.807, 2.05) is 45.9 Å². The first-order chi connectivity index (χ1) is 21.7. The Kier molecular flexibility index (Phi) is 13.0. The number of hydrogen-bond acceptors (Lipinski definition) is 4. The zero-order chi connectivity index (χ0) is 33.8. The molecule has 0 aliphatic rings. The van der Waals surface area contributed by atoms with Crippen LogP contribution in [0.2, 0.25) is 0 Å². The monoisotopic (exact) mass is 839 g/mol. The number of halogens is 3. The third kappa shape index (κ3) is 8.51. The fourth-order valence-electron chi connectivity index (χ4n) is 5.90. The molecule has 0 bridgehead atoms. The number of carbonyl (C=O) groups excluding carboxylic acids is 1. The van der Waals surface area contributed by atoms with Gasteiger partial charge in [0.25, 0.3) is 0 Å². The van der Waals surface area contributed by atoms with Crippen LogP contribution >= 0.6 is 11.3 Å². The molecule has 5 rings (SSSR count). The first kappa shape index (κ1) is 38.4. The summed E-state index contributed by atoms with van der Waals surface area (Å²) in [4.78, 5) is 16.3. The summed E-state index contributed by atoms with van der Waals surface area (Å²) in [6.07, 6.45) is 2.18. The molecule has 5 aromatic rings. The normalized spacial score (nSPS) is 12.5. The van der Waals surface area contributed by atoms with Crippen molar-refractivity contribution in [1.82, 2.24) is 4.98 Å². The summed E-state index contributed by atoms with van der Waals surface area (Å²) in [7, 11) is 0. The Morgan fingerprint density at radius 2 is 1.45 bits per heavy atom. The number of pyridine rings is 1. The predicted octanol–water partition coefficient (Wildman–Crippen LogP) is 12.3. The molecule has 0 fully saturated rings. The van der Waals surface area contributed by atoms with E-state index in [1.165, 1.54) is 12.1 Å². The summed E-state index contributed by atoms with van der Waals surface area (Å²) in [6, 6.07) is 19.8. The number of allylic oxidation sites excluding steroid dienone is 2. The summed E-state index contributed by atoms with van der Waals surface area (Å²) >= 11 is 1.15. The molecule has 0 aliphatic heterocycles. The Hall–Kier alpha value is -3.06. The minimum absolute atomic E-state index is 0. The van der Waals surface area contributed by atoms with Gasteiger partial charge < -0.3 is 5.11 Å². The Bertz CT molecular complexity index is 1860. The zero-order valence-corrected chi connectivity index (χ0v) is 31.2. The molecule has 0 unspecified atom stereocenters. The van der Waals surface area contributed by atoms with E-state index < -0.39 is 11.7 Å². The van der Waals surface area contributed by atoms with Gasteiger partial charge in [-0.15, -0.1) is 40.5 Å². The van der Waals surface area contributed by atoms with Crippen molar-refractivity contribution in [3.8, 4) is 11.3 Å². The molecule has 0 atom stereocenters. The first-order valence-corrected chi connectivity index (χ1v) is 16.8. The zero-order valence-electron chi connectivity index (χ0n) is 28.0. The van der Waals surface area contributed by atoms with Crippen molar-refractivity contribution in [3.63, 3.8) is 0 Å². The van der Waals surface area contributed by atoms with Gasteiger partial charge in [0.05, 0.1) is 11.3 Å².